The van der Waals surface area contributed by atoms with Gasteiger partial charge in [-0.05, 0) is 6.92 Å². The average Bonchev–Trinajstić information content (AvgIpc) is 2.49. The van der Waals surface area contributed by atoms with Crippen LogP contribution in [0.2, 0.25) is 5.15 Å². The smallest absolute Gasteiger partial charge is 0.203 e. The molecule has 2 aromatic rings. The number of rotatable bonds is 5. The van der Waals surface area contributed by atoms with Gasteiger partial charge in [0, 0.05) is 30.0 Å². The Morgan fingerprint density at radius 2 is 1.52 bits per heavy atom. The van der Waals surface area contributed by atoms with Gasteiger partial charge in [0.2, 0.25) is 5.75 Å². The number of methoxy groups -OCH3 is 3. The third-order valence-electron chi connectivity index (χ3n) is 2.89. The van der Waals surface area contributed by atoms with Gasteiger partial charge >= 0.3 is 0 Å². The number of pyridine rings is 1. The summed E-state index contributed by atoms with van der Waals surface area (Å²) in [5.41, 5.74) is 0.869. The van der Waals surface area contributed by atoms with E-state index >= 15 is 0 Å². The van der Waals surface area contributed by atoms with Gasteiger partial charge in [-0.2, -0.15) is 0 Å². The predicted molar refractivity (Wildman–Crippen MR) is 80.2 cm³/mol. The summed E-state index contributed by atoms with van der Waals surface area (Å²) in [6.45, 7) is 1.89. The van der Waals surface area contributed by atoms with E-state index in [-0.39, 0.29) is 0 Å². The number of nitrogens with zero attached hydrogens (tertiary/aromatic N) is 1. The molecule has 0 aliphatic carbocycles. The largest absolute Gasteiger partial charge is 0.493 e. The topological polar surface area (TPSA) is 49.8 Å². The van der Waals surface area contributed by atoms with E-state index in [0.717, 1.165) is 5.56 Å². The zero-order valence-corrected chi connectivity index (χ0v) is 13.0. The lowest BCUT2D eigenvalue weighted by atomic mass is 10.2. The number of hydrogen-bond donors (Lipinski definition) is 0. The lowest BCUT2D eigenvalue weighted by molar-refractivity contribution is 0.321. The Labute approximate surface area is 128 Å². The molecule has 112 valence electrons. The van der Waals surface area contributed by atoms with Crippen molar-refractivity contribution in [3.63, 3.8) is 0 Å². The molecule has 5 nitrogen and oxygen atoms in total. The van der Waals surface area contributed by atoms with Crippen molar-refractivity contribution >= 4 is 11.6 Å². The molecule has 0 unspecified atom stereocenters. The van der Waals surface area contributed by atoms with Crippen LogP contribution in [0.25, 0.3) is 0 Å². The molecule has 6 heteroatoms. The summed E-state index contributed by atoms with van der Waals surface area (Å²) in [5, 5.41) is 0.364. The van der Waals surface area contributed by atoms with Crippen molar-refractivity contribution in [2.75, 3.05) is 21.3 Å². The Morgan fingerprint density at radius 1 is 0.905 bits per heavy atom. The van der Waals surface area contributed by atoms with Crippen molar-refractivity contribution in [2.24, 2.45) is 0 Å². The molecule has 0 aliphatic rings. The highest BCUT2D eigenvalue weighted by Gasteiger charge is 2.15. The van der Waals surface area contributed by atoms with Gasteiger partial charge in [-0.15, -0.1) is 0 Å². The lowest BCUT2D eigenvalue weighted by Gasteiger charge is -2.15. The molecule has 0 amide bonds. The van der Waals surface area contributed by atoms with Crippen LogP contribution in [0.4, 0.5) is 0 Å². The van der Waals surface area contributed by atoms with Gasteiger partial charge in [-0.3, -0.25) is 0 Å². The van der Waals surface area contributed by atoms with E-state index in [1.165, 1.54) is 0 Å². The molecule has 0 atom stereocenters. The van der Waals surface area contributed by atoms with Crippen LogP contribution >= 0.6 is 11.6 Å². The maximum Gasteiger partial charge on any atom is 0.203 e. The van der Waals surface area contributed by atoms with E-state index in [1.807, 2.05) is 6.92 Å². The summed E-state index contributed by atoms with van der Waals surface area (Å²) in [6, 6.07) is 5.09. The molecule has 0 saturated carbocycles. The predicted octanol–water partition coefficient (Wildman–Crippen LogP) is 3.86. The van der Waals surface area contributed by atoms with E-state index in [1.54, 1.807) is 45.7 Å². The van der Waals surface area contributed by atoms with E-state index in [4.69, 9.17) is 30.5 Å². The molecule has 0 bridgehead atoms. The highest BCUT2D eigenvalue weighted by atomic mass is 35.5. The molecular formula is C15H16ClNO4. The maximum atomic E-state index is 5.89. The van der Waals surface area contributed by atoms with Crippen molar-refractivity contribution in [3.05, 3.63) is 35.1 Å². The molecular weight excluding hydrogens is 294 g/mol. The van der Waals surface area contributed by atoms with E-state index in [9.17, 15) is 0 Å². The molecule has 0 saturated heterocycles. The summed E-state index contributed by atoms with van der Waals surface area (Å²) < 4.78 is 21.7. The molecule has 1 aromatic carbocycles. The van der Waals surface area contributed by atoms with Gasteiger partial charge in [0.1, 0.15) is 16.7 Å². The van der Waals surface area contributed by atoms with E-state index < -0.39 is 0 Å². The highest BCUT2D eigenvalue weighted by molar-refractivity contribution is 6.29. The van der Waals surface area contributed by atoms with Crippen LogP contribution in [0.5, 0.6) is 28.7 Å². The SMILES string of the molecule is COc1cc(Oc2cc(Cl)ncc2C)cc(OC)c1OC. The van der Waals surface area contributed by atoms with Gasteiger partial charge in [0.05, 0.1) is 21.3 Å². The number of ether oxygens (including phenoxy) is 4. The van der Waals surface area contributed by atoms with Crippen LogP contribution in [0.15, 0.2) is 24.4 Å². The number of hydrogen-bond acceptors (Lipinski definition) is 5. The molecule has 2 rings (SSSR count). The number of halogens is 1. The first-order valence-electron chi connectivity index (χ1n) is 6.19. The zero-order chi connectivity index (χ0) is 15.4. The molecule has 0 aliphatic heterocycles. The summed E-state index contributed by atoms with van der Waals surface area (Å²) in [5.74, 6) is 2.71. The summed E-state index contributed by atoms with van der Waals surface area (Å²) in [6.07, 6.45) is 1.65. The standard InChI is InChI=1S/C15H16ClNO4/c1-9-8-17-14(16)7-11(9)21-10-5-12(18-2)15(20-4)13(6-10)19-3/h5-8H,1-4H3. The second-order valence-corrected chi connectivity index (χ2v) is 4.62. The van der Waals surface area contributed by atoms with Crippen molar-refractivity contribution in [2.45, 2.75) is 6.92 Å². The summed E-state index contributed by atoms with van der Waals surface area (Å²) >= 11 is 5.89. The number of benzene rings is 1. The second-order valence-electron chi connectivity index (χ2n) is 4.24. The Kier molecular flexibility index (Phi) is 4.75. The first kappa shape index (κ1) is 15.3. The minimum absolute atomic E-state index is 0.364. The van der Waals surface area contributed by atoms with E-state index in [2.05, 4.69) is 4.98 Å². The Hall–Kier alpha value is -2.14. The molecule has 0 radical (unpaired) electrons. The minimum atomic E-state index is 0.364. The van der Waals surface area contributed by atoms with Crippen molar-refractivity contribution in [1.82, 2.24) is 4.98 Å². The van der Waals surface area contributed by atoms with Crippen LogP contribution in [0.3, 0.4) is 0 Å². The van der Waals surface area contributed by atoms with Crippen LogP contribution in [0, 0.1) is 6.92 Å². The van der Waals surface area contributed by atoms with Crippen LogP contribution in [-0.2, 0) is 0 Å². The third-order valence-corrected chi connectivity index (χ3v) is 3.09. The van der Waals surface area contributed by atoms with Crippen molar-refractivity contribution in [3.8, 4) is 28.7 Å². The monoisotopic (exact) mass is 309 g/mol. The minimum Gasteiger partial charge on any atom is -0.493 e. The Bertz CT molecular complexity index is 621. The van der Waals surface area contributed by atoms with Gasteiger partial charge in [0.15, 0.2) is 11.5 Å². The van der Waals surface area contributed by atoms with E-state index in [0.29, 0.717) is 33.9 Å². The first-order valence-corrected chi connectivity index (χ1v) is 6.56. The molecule has 0 N–H and O–H groups in total. The Morgan fingerprint density at radius 3 is 2.05 bits per heavy atom. The highest BCUT2D eigenvalue weighted by Crippen LogP contribution is 2.42. The molecule has 0 spiro atoms. The lowest BCUT2D eigenvalue weighted by Crippen LogP contribution is -1.96. The fourth-order valence-corrected chi connectivity index (χ4v) is 1.98. The van der Waals surface area contributed by atoms with Crippen LogP contribution in [-0.4, -0.2) is 26.3 Å². The maximum absolute atomic E-state index is 5.89. The number of aryl methyl sites for hydroxylation is 1. The van der Waals surface area contributed by atoms with Gasteiger partial charge < -0.3 is 18.9 Å². The second kappa shape index (κ2) is 6.54. The van der Waals surface area contributed by atoms with Gasteiger partial charge in [0.25, 0.3) is 0 Å². The summed E-state index contributed by atoms with van der Waals surface area (Å²) in [7, 11) is 4.65. The van der Waals surface area contributed by atoms with Crippen LogP contribution < -0.4 is 18.9 Å². The molecule has 1 aromatic heterocycles. The molecule has 21 heavy (non-hydrogen) atoms. The summed E-state index contributed by atoms with van der Waals surface area (Å²) in [4.78, 5) is 3.99. The van der Waals surface area contributed by atoms with Crippen molar-refractivity contribution < 1.29 is 18.9 Å². The first-order chi connectivity index (χ1) is 10.1. The third kappa shape index (κ3) is 3.31. The van der Waals surface area contributed by atoms with Crippen molar-refractivity contribution in [1.29, 1.82) is 0 Å². The molecule has 0 fully saturated rings. The van der Waals surface area contributed by atoms with Crippen LogP contribution in [0.1, 0.15) is 5.56 Å². The average molecular weight is 310 g/mol. The fraction of sp³-hybridized carbons (Fsp3) is 0.267. The quantitative estimate of drug-likeness (QED) is 0.785. The molecule has 1 heterocycles. The van der Waals surface area contributed by atoms with Gasteiger partial charge in [-0.25, -0.2) is 4.98 Å². The zero-order valence-electron chi connectivity index (χ0n) is 12.3. The Balaban J connectivity index is 2.42. The fourth-order valence-electron chi connectivity index (χ4n) is 1.83. The number of aromatic nitrogens is 1. The van der Waals surface area contributed by atoms with Gasteiger partial charge in [-0.1, -0.05) is 11.6 Å². The normalized spacial score (nSPS) is 10.1.